The zero-order valence-electron chi connectivity index (χ0n) is 14.3. The van der Waals surface area contributed by atoms with Gasteiger partial charge in [-0.25, -0.2) is 9.97 Å². The first-order valence-electron chi connectivity index (χ1n) is 8.18. The lowest BCUT2D eigenvalue weighted by atomic mass is 10.2. The number of nitrogens with one attached hydrogen (secondary N) is 1. The summed E-state index contributed by atoms with van der Waals surface area (Å²) in [6.45, 7) is 1.99. The molecule has 26 heavy (non-hydrogen) atoms. The summed E-state index contributed by atoms with van der Waals surface area (Å²) in [5, 5.41) is 8.99. The van der Waals surface area contributed by atoms with Gasteiger partial charge in [-0.05, 0) is 19.1 Å². The van der Waals surface area contributed by atoms with Gasteiger partial charge < -0.3 is 5.32 Å². The summed E-state index contributed by atoms with van der Waals surface area (Å²) in [5.74, 6) is -0.105. The van der Waals surface area contributed by atoms with E-state index in [1.54, 1.807) is 28.4 Å². The van der Waals surface area contributed by atoms with Crippen molar-refractivity contribution in [2.24, 2.45) is 7.05 Å². The zero-order valence-corrected chi connectivity index (χ0v) is 16.0. The molecule has 0 radical (unpaired) electrons. The van der Waals surface area contributed by atoms with Gasteiger partial charge in [0.05, 0.1) is 27.6 Å². The molecule has 6 nitrogen and oxygen atoms in total. The van der Waals surface area contributed by atoms with Crippen molar-refractivity contribution in [2.45, 2.75) is 19.4 Å². The molecule has 0 saturated heterocycles. The van der Waals surface area contributed by atoms with E-state index < -0.39 is 0 Å². The molecule has 0 spiro atoms. The molecule has 0 fully saturated rings. The molecule has 4 aromatic rings. The fourth-order valence-electron chi connectivity index (χ4n) is 2.66. The van der Waals surface area contributed by atoms with Crippen LogP contribution in [0.1, 0.15) is 21.6 Å². The number of thiazole rings is 2. The molecule has 132 valence electrons. The Kier molecular flexibility index (Phi) is 4.52. The van der Waals surface area contributed by atoms with Gasteiger partial charge in [0.1, 0.15) is 9.88 Å². The number of hydrogen-bond donors (Lipinski definition) is 1. The Labute approximate surface area is 158 Å². The number of carbonyl (C=O) groups excluding carboxylic acids is 1. The Morgan fingerprint density at radius 3 is 2.88 bits per heavy atom. The number of carbonyl (C=O) groups is 1. The third-order valence-corrected chi connectivity index (χ3v) is 5.98. The molecule has 0 aliphatic heterocycles. The van der Waals surface area contributed by atoms with Crippen LogP contribution >= 0.6 is 22.7 Å². The second kappa shape index (κ2) is 6.97. The van der Waals surface area contributed by atoms with E-state index in [4.69, 9.17) is 0 Å². The number of rotatable bonds is 5. The van der Waals surface area contributed by atoms with Crippen LogP contribution in [0.2, 0.25) is 0 Å². The molecule has 0 aliphatic carbocycles. The molecule has 1 N–H and O–H groups in total. The van der Waals surface area contributed by atoms with Crippen molar-refractivity contribution >= 4 is 38.8 Å². The van der Waals surface area contributed by atoms with E-state index in [1.165, 1.54) is 16.0 Å². The van der Waals surface area contributed by atoms with Crippen LogP contribution in [0.5, 0.6) is 0 Å². The van der Waals surface area contributed by atoms with Crippen molar-refractivity contribution in [1.29, 1.82) is 0 Å². The SMILES string of the molecule is C[C@H](Cc1nc2ccccc2s1)NC(=O)c1cnc(-c2cnn(C)c2)s1. The predicted octanol–water partition coefficient (Wildman–Crippen LogP) is 3.51. The maximum Gasteiger partial charge on any atom is 0.263 e. The Bertz CT molecular complexity index is 1030. The van der Waals surface area contributed by atoms with E-state index in [1.807, 2.05) is 38.4 Å². The van der Waals surface area contributed by atoms with Crippen molar-refractivity contribution in [3.63, 3.8) is 0 Å². The molecule has 1 atom stereocenters. The second-order valence-corrected chi connectivity index (χ2v) is 8.23. The molecule has 0 aliphatic rings. The van der Waals surface area contributed by atoms with E-state index in [-0.39, 0.29) is 11.9 Å². The summed E-state index contributed by atoms with van der Waals surface area (Å²) >= 11 is 3.04. The summed E-state index contributed by atoms with van der Waals surface area (Å²) in [4.78, 5) is 22.0. The molecule has 8 heteroatoms. The van der Waals surface area contributed by atoms with E-state index in [2.05, 4.69) is 26.4 Å². The van der Waals surface area contributed by atoms with Crippen molar-refractivity contribution in [2.75, 3.05) is 0 Å². The number of aryl methyl sites for hydroxylation is 1. The third kappa shape index (κ3) is 3.51. The van der Waals surface area contributed by atoms with Crippen LogP contribution < -0.4 is 5.32 Å². The molecule has 0 bridgehead atoms. The van der Waals surface area contributed by atoms with Crippen molar-refractivity contribution in [3.05, 3.63) is 52.7 Å². The number of nitrogens with zero attached hydrogens (tertiary/aromatic N) is 4. The minimum Gasteiger partial charge on any atom is -0.348 e. The minimum absolute atomic E-state index is 0.00740. The Morgan fingerprint density at radius 2 is 2.12 bits per heavy atom. The van der Waals surface area contributed by atoms with Crippen LogP contribution in [-0.4, -0.2) is 31.7 Å². The monoisotopic (exact) mass is 383 g/mol. The lowest BCUT2D eigenvalue weighted by Crippen LogP contribution is -2.33. The van der Waals surface area contributed by atoms with Crippen molar-refractivity contribution in [3.8, 4) is 10.6 Å². The average molecular weight is 384 g/mol. The van der Waals surface area contributed by atoms with E-state index >= 15 is 0 Å². The van der Waals surface area contributed by atoms with Crippen LogP contribution in [0.25, 0.3) is 20.8 Å². The Morgan fingerprint density at radius 1 is 1.27 bits per heavy atom. The number of benzene rings is 1. The summed E-state index contributed by atoms with van der Waals surface area (Å²) in [5.41, 5.74) is 1.92. The average Bonchev–Trinajstić information content (AvgIpc) is 3.32. The van der Waals surface area contributed by atoms with Gasteiger partial charge >= 0.3 is 0 Å². The summed E-state index contributed by atoms with van der Waals surface area (Å²) in [6, 6.07) is 8.07. The number of fused-ring (bicyclic) bond motifs is 1. The maximum absolute atomic E-state index is 12.5. The Hall–Kier alpha value is -2.58. The van der Waals surface area contributed by atoms with Gasteiger partial charge in [-0.1, -0.05) is 12.1 Å². The topological polar surface area (TPSA) is 72.7 Å². The van der Waals surface area contributed by atoms with Gasteiger partial charge in [0, 0.05) is 31.3 Å². The first-order chi connectivity index (χ1) is 12.6. The number of aromatic nitrogens is 4. The molecular formula is C18H17N5OS2. The van der Waals surface area contributed by atoms with Crippen LogP contribution in [0, 0.1) is 0 Å². The van der Waals surface area contributed by atoms with Gasteiger partial charge in [-0.2, -0.15) is 5.10 Å². The van der Waals surface area contributed by atoms with Crippen LogP contribution in [0.4, 0.5) is 0 Å². The molecule has 1 aromatic carbocycles. The number of amides is 1. The minimum atomic E-state index is -0.105. The Balaban J connectivity index is 1.41. The number of para-hydroxylation sites is 1. The first-order valence-corrected chi connectivity index (χ1v) is 9.82. The van der Waals surface area contributed by atoms with E-state index in [0.717, 1.165) is 21.1 Å². The largest absolute Gasteiger partial charge is 0.348 e. The zero-order chi connectivity index (χ0) is 18.1. The fourth-order valence-corrected chi connectivity index (χ4v) is 4.55. The van der Waals surface area contributed by atoms with E-state index in [0.29, 0.717) is 11.3 Å². The van der Waals surface area contributed by atoms with Crippen LogP contribution in [-0.2, 0) is 13.5 Å². The molecule has 3 heterocycles. The highest BCUT2D eigenvalue weighted by Crippen LogP contribution is 2.25. The van der Waals surface area contributed by atoms with Gasteiger partial charge in [0.2, 0.25) is 0 Å². The maximum atomic E-state index is 12.5. The van der Waals surface area contributed by atoms with Gasteiger partial charge in [-0.3, -0.25) is 9.48 Å². The highest BCUT2D eigenvalue weighted by molar-refractivity contribution is 7.18. The fraction of sp³-hybridized carbons (Fsp3) is 0.222. The first kappa shape index (κ1) is 16.9. The lowest BCUT2D eigenvalue weighted by Gasteiger charge is -2.11. The van der Waals surface area contributed by atoms with Crippen LogP contribution in [0.15, 0.2) is 42.9 Å². The van der Waals surface area contributed by atoms with Crippen LogP contribution in [0.3, 0.4) is 0 Å². The van der Waals surface area contributed by atoms with Gasteiger partial charge in [0.15, 0.2) is 0 Å². The van der Waals surface area contributed by atoms with E-state index in [9.17, 15) is 4.79 Å². The van der Waals surface area contributed by atoms with Crippen molar-refractivity contribution in [1.82, 2.24) is 25.1 Å². The molecular weight excluding hydrogens is 366 g/mol. The normalized spacial score (nSPS) is 12.4. The molecule has 0 saturated carbocycles. The second-order valence-electron chi connectivity index (χ2n) is 6.09. The standard InChI is InChI=1S/C18H17N5OS2/c1-11(7-16-22-13-5-3-4-6-14(13)25-16)21-17(24)15-9-19-18(26-15)12-8-20-23(2)10-12/h3-6,8-11H,7H2,1-2H3,(H,21,24)/t11-/m1/s1. The highest BCUT2D eigenvalue weighted by atomic mass is 32.1. The summed E-state index contributed by atoms with van der Waals surface area (Å²) in [7, 11) is 1.86. The summed E-state index contributed by atoms with van der Waals surface area (Å²) in [6.07, 6.45) is 5.96. The molecule has 3 aromatic heterocycles. The number of hydrogen-bond acceptors (Lipinski definition) is 6. The predicted molar refractivity (Wildman–Crippen MR) is 105 cm³/mol. The quantitative estimate of drug-likeness (QED) is 0.572. The smallest absolute Gasteiger partial charge is 0.263 e. The molecule has 4 rings (SSSR count). The van der Waals surface area contributed by atoms with Crippen molar-refractivity contribution < 1.29 is 4.79 Å². The third-order valence-electron chi connectivity index (χ3n) is 3.88. The molecule has 0 unspecified atom stereocenters. The lowest BCUT2D eigenvalue weighted by molar-refractivity contribution is 0.0944. The van der Waals surface area contributed by atoms with Gasteiger partial charge in [-0.15, -0.1) is 22.7 Å². The highest BCUT2D eigenvalue weighted by Gasteiger charge is 2.16. The van der Waals surface area contributed by atoms with Gasteiger partial charge in [0.25, 0.3) is 5.91 Å². The summed E-state index contributed by atoms with van der Waals surface area (Å²) < 4.78 is 2.89. The molecule has 1 amide bonds.